The maximum absolute atomic E-state index is 11.2. The zero-order valence-corrected chi connectivity index (χ0v) is 14.7. The van der Waals surface area contributed by atoms with Crippen LogP contribution in [0.25, 0.3) is 0 Å². The van der Waals surface area contributed by atoms with Crippen LogP contribution in [0.5, 0.6) is 0 Å². The molecule has 0 bridgehead atoms. The number of unbranched alkanes of at least 4 members (excludes halogenated alkanes) is 9. The first-order valence-corrected chi connectivity index (χ1v) is 9.49. The standard InChI is InChI=1S/C18H32O6/c1-2-3-4-5-6-7-8-9-10-11-12-22-18-14(20)16-15(24-18)13(19)17(21)23-16/h13-16,18-20H,2-12H2,1H3/t13-,14-,15+,16+,18+/m0/s1. The highest BCUT2D eigenvalue weighted by atomic mass is 16.7. The predicted molar refractivity (Wildman–Crippen MR) is 88.4 cm³/mol. The summed E-state index contributed by atoms with van der Waals surface area (Å²) in [5.41, 5.74) is 0. The lowest BCUT2D eigenvalue weighted by atomic mass is 10.1. The van der Waals surface area contributed by atoms with Crippen molar-refractivity contribution in [3.8, 4) is 0 Å². The van der Waals surface area contributed by atoms with Crippen LogP contribution in [-0.4, -0.2) is 53.5 Å². The summed E-state index contributed by atoms with van der Waals surface area (Å²) >= 11 is 0. The van der Waals surface area contributed by atoms with Crippen LogP contribution >= 0.6 is 0 Å². The molecule has 5 atom stereocenters. The van der Waals surface area contributed by atoms with E-state index < -0.39 is 36.7 Å². The second kappa shape index (κ2) is 10.3. The average molecular weight is 344 g/mol. The van der Waals surface area contributed by atoms with Crippen molar-refractivity contribution in [2.45, 2.75) is 102 Å². The van der Waals surface area contributed by atoms with Gasteiger partial charge in [-0.1, -0.05) is 64.7 Å². The van der Waals surface area contributed by atoms with Crippen molar-refractivity contribution >= 4 is 5.97 Å². The highest BCUT2D eigenvalue weighted by Gasteiger charge is 2.56. The van der Waals surface area contributed by atoms with Crippen molar-refractivity contribution < 1.29 is 29.2 Å². The van der Waals surface area contributed by atoms with Gasteiger partial charge in [0, 0.05) is 6.61 Å². The van der Waals surface area contributed by atoms with Gasteiger partial charge < -0.3 is 24.4 Å². The smallest absolute Gasteiger partial charge is 0.338 e. The lowest BCUT2D eigenvalue weighted by Gasteiger charge is -2.17. The first-order valence-electron chi connectivity index (χ1n) is 9.49. The molecule has 0 amide bonds. The number of ether oxygens (including phenoxy) is 3. The average Bonchev–Trinajstić information content (AvgIpc) is 3.03. The van der Waals surface area contributed by atoms with Crippen molar-refractivity contribution in [3.63, 3.8) is 0 Å². The quantitative estimate of drug-likeness (QED) is 0.417. The number of aliphatic hydroxyl groups excluding tert-OH is 2. The van der Waals surface area contributed by atoms with E-state index in [4.69, 9.17) is 14.2 Å². The SMILES string of the molecule is CCCCCCCCCCCCO[C@@H]1O[C@H]2[C@H](OC(=O)[C@H]2O)[C@@H]1O. The summed E-state index contributed by atoms with van der Waals surface area (Å²) in [4.78, 5) is 11.2. The third-order valence-corrected chi connectivity index (χ3v) is 4.82. The first-order chi connectivity index (χ1) is 11.6. The molecule has 0 unspecified atom stereocenters. The van der Waals surface area contributed by atoms with E-state index in [2.05, 4.69) is 6.92 Å². The van der Waals surface area contributed by atoms with Gasteiger partial charge in [-0.15, -0.1) is 0 Å². The molecule has 2 aliphatic rings. The minimum atomic E-state index is -1.32. The van der Waals surface area contributed by atoms with Crippen molar-refractivity contribution in [2.75, 3.05) is 6.61 Å². The van der Waals surface area contributed by atoms with E-state index >= 15 is 0 Å². The van der Waals surface area contributed by atoms with Crippen molar-refractivity contribution in [1.82, 2.24) is 0 Å². The Labute approximate surface area is 144 Å². The number of carbonyl (C=O) groups is 1. The summed E-state index contributed by atoms with van der Waals surface area (Å²) in [6, 6.07) is 0. The van der Waals surface area contributed by atoms with Crippen molar-refractivity contribution in [1.29, 1.82) is 0 Å². The van der Waals surface area contributed by atoms with Gasteiger partial charge in [-0.25, -0.2) is 4.79 Å². The van der Waals surface area contributed by atoms with Crippen LogP contribution in [0.3, 0.4) is 0 Å². The summed E-state index contributed by atoms with van der Waals surface area (Å²) in [5, 5.41) is 19.6. The second-order valence-electron chi connectivity index (χ2n) is 6.86. The van der Waals surface area contributed by atoms with Crippen LogP contribution in [0.4, 0.5) is 0 Å². The van der Waals surface area contributed by atoms with Gasteiger partial charge in [0.05, 0.1) is 0 Å². The Morgan fingerprint density at radius 3 is 2.08 bits per heavy atom. The third kappa shape index (κ3) is 5.41. The lowest BCUT2D eigenvalue weighted by molar-refractivity contribution is -0.187. The van der Waals surface area contributed by atoms with E-state index in [-0.39, 0.29) is 0 Å². The molecule has 2 rings (SSSR count). The zero-order valence-electron chi connectivity index (χ0n) is 14.7. The minimum absolute atomic E-state index is 0.502. The number of hydrogen-bond acceptors (Lipinski definition) is 6. The molecule has 2 N–H and O–H groups in total. The van der Waals surface area contributed by atoms with E-state index in [1.54, 1.807) is 0 Å². The molecule has 24 heavy (non-hydrogen) atoms. The van der Waals surface area contributed by atoms with E-state index in [1.807, 2.05) is 0 Å². The van der Waals surface area contributed by atoms with Gasteiger partial charge in [0.25, 0.3) is 0 Å². The monoisotopic (exact) mass is 344 g/mol. The number of rotatable bonds is 12. The van der Waals surface area contributed by atoms with Crippen LogP contribution in [0.2, 0.25) is 0 Å². The van der Waals surface area contributed by atoms with Gasteiger partial charge in [-0.05, 0) is 6.42 Å². The van der Waals surface area contributed by atoms with Crippen molar-refractivity contribution in [2.24, 2.45) is 0 Å². The summed E-state index contributed by atoms with van der Waals surface area (Å²) in [7, 11) is 0. The number of fused-ring (bicyclic) bond motifs is 1. The van der Waals surface area contributed by atoms with Gasteiger partial charge in [0.15, 0.2) is 18.5 Å². The maximum atomic E-state index is 11.2. The maximum Gasteiger partial charge on any atom is 0.338 e. The van der Waals surface area contributed by atoms with Gasteiger partial charge in [0.2, 0.25) is 0 Å². The predicted octanol–water partition coefficient (Wildman–Crippen LogP) is 2.30. The number of hydrogen-bond donors (Lipinski definition) is 2. The van der Waals surface area contributed by atoms with Crippen LogP contribution < -0.4 is 0 Å². The fourth-order valence-corrected chi connectivity index (χ4v) is 3.32. The topological polar surface area (TPSA) is 85.2 Å². The highest BCUT2D eigenvalue weighted by molar-refractivity contribution is 5.78. The van der Waals surface area contributed by atoms with Gasteiger partial charge >= 0.3 is 5.97 Å². The molecule has 6 heteroatoms. The normalized spacial score (nSPS) is 32.1. The molecule has 0 radical (unpaired) electrons. The van der Waals surface area contributed by atoms with E-state index in [9.17, 15) is 15.0 Å². The molecule has 6 nitrogen and oxygen atoms in total. The Balaban J connectivity index is 1.45. The van der Waals surface area contributed by atoms with Crippen LogP contribution in [0.1, 0.15) is 71.1 Å². The van der Waals surface area contributed by atoms with Gasteiger partial charge in [0.1, 0.15) is 12.2 Å². The molecule has 140 valence electrons. The number of aliphatic hydroxyl groups is 2. The molecular weight excluding hydrogens is 312 g/mol. The molecule has 0 spiro atoms. The molecule has 0 aliphatic carbocycles. The second-order valence-corrected chi connectivity index (χ2v) is 6.86. The molecule has 2 aliphatic heterocycles. The summed E-state index contributed by atoms with van der Waals surface area (Å²) < 4.78 is 15.8. The van der Waals surface area contributed by atoms with Crippen LogP contribution in [0, 0.1) is 0 Å². The molecule has 2 heterocycles. The third-order valence-electron chi connectivity index (χ3n) is 4.82. The molecule has 0 saturated carbocycles. The molecule has 0 aromatic heterocycles. The van der Waals surface area contributed by atoms with E-state index in [1.165, 1.54) is 51.4 Å². The highest BCUT2D eigenvalue weighted by Crippen LogP contribution is 2.32. The molecule has 2 saturated heterocycles. The fraction of sp³-hybridized carbons (Fsp3) is 0.944. The number of carbonyl (C=O) groups excluding carboxylic acids is 1. The minimum Gasteiger partial charge on any atom is -0.454 e. The van der Waals surface area contributed by atoms with E-state index in [0.29, 0.717) is 6.61 Å². The Kier molecular flexibility index (Phi) is 8.45. The van der Waals surface area contributed by atoms with Gasteiger partial charge in [-0.2, -0.15) is 0 Å². The Morgan fingerprint density at radius 2 is 1.50 bits per heavy atom. The largest absolute Gasteiger partial charge is 0.454 e. The Morgan fingerprint density at radius 1 is 0.917 bits per heavy atom. The Hall–Kier alpha value is -0.690. The van der Waals surface area contributed by atoms with Crippen molar-refractivity contribution in [3.05, 3.63) is 0 Å². The fourth-order valence-electron chi connectivity index (χ4n) is 3.32. The molecule has 2 fully saturated rings. The van der Waals surface area contributed by atoms with Crippen LogP contribution in [0.15, 0.2) is 0 Å². The molecule has 0 aromatic carbocycles. The zero-order chi connectivity index (χ0) is 17.4. The Bertz CT molecular complexity index is 375. The molecular formula is C18H32O6. The van der Waals surface area contributed by atoms with E-state index in [0.717, 1.165) is 12.8 Å². The summed E-state index contributed by atoms with van der Waals surface area (Å²) in [6.07, 6.45) is 7.69. The van der Waals surface area contributed by atoms with Crippen LogP contribution in [-0.2, 0) is 19.0 Å². The summed E-state index contributed by atoms with van der Waals surface area (Å²) in [6.45, 7) is 2.74. The summed E-state index contributed by atoms with van der Waals surface area (Å²) in [5.74, 6) is -0.739. The molecule has 0 aromatic rings. The first kappa shape index (κ1) is 19.6. The number of esters is 1. The van der Waals surface area contributed by atoms with Gasteiger partial charge in [-0.3, -0.25) is 0 Å². The lowest BCUT2D eigenvalue weighted by Crippen LogP contribution is -2.33.